The summed E-state index contributed by atoms with van der Waals surface area (Å²) in [5.74, 6) is 0.578. The Labute approximate surface area is 159 Å². The van der Waals surface area contributed by atoms with Crippen LogP contribution in [0.25, 0.3) is 11.3 Å². The molecule has 2 aromatic rings. The topological polar surface area (TPSA) is 66.7 Å². The second-order valence-electron chi connectivity index (χ2n) is 7.89. The van der Waals surface area contributed by atoms with Gasteiger partial charge in [0.15, 0.2) is 5.76 Å². The number of benzene rings is 1. The predicted octanol–water partition coefficient (Wildman–Crippen LogP) is 3.20. The Morgan fingerprint density at radius 1 is 1.19 bits per heavy atom. The fourth-order valence-electron chi connectivity index (χ4n) is 4.38. The molecular weight excluding hydrogens is 342 g/mol. The zero-order valence-corrected chi connectivity index (χ0v) is 15.9. The summed E-state index contributed by atoms with van der Waals surface area (Å²) in [5, 5.41) is 3.85. The Balaban J connectivity index is 1.56. The first-order valence-electron chi connectivity index (χ1n) is 9.62. The van der Waals surface area contributed by atoms with E-state index in [1.807, 2.05) is 35.2 Å². The third-order valence-corrected chi connectivity index (χ3v) is 5.87. The van der Waals surface area contributed by atoms with Crippen LogP contribution in [0.4, 0.5) is 0 Å². The van der Waals surface area contributed by atoms with E-state index in [1.165, 1.54) is 6.20 Å². The normalized spacial score (nSPS) is 22.9. The molecule has 2 aliphatic rings. The molecular formula is C21H25N3O3. The Morgan fingerprint density at radius 3 is 2.70 bits per heavy atom. The van der Waals surface area contributed by atoms with E-state index in [4.69, 9.17) is 4.52 Å². The highest BCUT2D eigenvalue weighted by Crippen LogP contribution is 2.41. The van der Waals surface area contributed by atoms with Crippen LogP contribution in [0.1, 0.15) is 43.5 Å². The second kappa shape index (κ2) is 6.83. The molecule has 1 unspecified atom stereocenters. The van der Waals surface area contributed by atoms with E-state index in [0.29, 0.717) is 24.4 Å². The standard InChI is InChI=1S/C21H25N3O3/c1-15(2)24-11-6-9-21(20(24)26)10-12-23(14-21)19(25)17-13-22-27-18(17)16-7-4-3-5-8-16/h3-5,7-8,13,15H,6,9-12,14H2,1-2H3. The lowest BCUT2D eigenvalue weighted by Gasteiger charge is -2.41. The van der Waals surface area contributed by atoms with E-state index in [1.54, 1.807) is 4.90 Å². The predicted molar refractivity (Wildman–Crippen MR) is 101 cm³/mol. The van der Waals surface area contributed by atoms with Gasteiger partial charge in [0.05, 0.1) is 11.6 Å². The molecule has 0 bridgehead atoms. The zero-order valence-electron chi connectivity index (χ0n) is 15.9. The van der Waals surface area contributed by atoms with Crippen molar-refractivity contribution in [3.8, 4) is 11.3 Å². The number of amides is 2. The number of likely N-dealkylation sites (tertiary alicyclic amines) is 2. The van der Waals surface area contributed by atoms with Crippen molar-refractivity contribution in [3.05, 3.63) is 42.1 Å². The summed E-state index contributed by atoms with van der Waals surface area (Å²) in [4.78, 5) is 30.0. The Bertz CT molecular complexity index is 845. The minimum Gasteiger partial charge on any atom is -0.355 e. The van der Waals surface area contributed by atoms with Crippen molar-refractivity contribution < 1.29 is 14.1 Å². The monoisotopic (exact) mass is 367 g/mol. The highest BCUT2D eigenvalue weighted by molar-refractivity contribution is 6.00. The van der Waals surface area contributed by atoms with Gasteiger partial charge in [0.2, 0.25) is 5.91 Å². The molecule has 0 saturated carbocycles. The summed E-state index contributed by atoms with van der Waals surface area (Å²) >= 11 is 0. The maximum absolute atomic E-state index is 13.2. The van der Waals surface area contributed by atoms with Gasteiger partial charge in [-0.2, -0.15) is 0 Å². The molecule has 1 spiro atoms. The van der Waals surface area contributed by atoms with Gasteiger partial charge in [0.1, 0.15) is 5.56 Å². The van der Waals surface area contributed by atoms with Gasteiger partial charge in [0, 0.05) is 31.2 Å². The summed E-state index contributed by atoms with van der Waals surface area (Å²) in [6, 6.07) is 9.71. The summed E-state index contributed by atoms with van der Waals surface area (Å²) < 4.78 is 5.37. The summed E-state index contributed by atoms with van der Waals surface area (Å²) in [5.41, 5.74) is 0.858. The van der Waals surface area contributed by atoms with Crippen LogP contribution in [0.15, 0.2) is 41.1 Å². The lowest BCUT2D eigenvalue weighted by molar-refractivity contribution is -0.147. The SMILES string of the molecule is CC(C)N1CCCC2(CCN(C(=O)c3cnoc3-c3ccccc3)C2)C1=O. The average Bonchev–Trinajstić information content (AvgIpc) is 3.32. The minimum atomic E-state index is -0.428. The van der Waals surface area contributed by atoms with E-state index in [9.17, 15) is 9.59 Å². The van der Waals surface area contributed by atoms with Crippen LogP contribution in [-0.4, -0.2) is 52.4 Å². The number of hydrogen-bond donors (Lipinski definition) is 0. The van der Waals surface area contributed by atoms with E-state index < -0.39 is 5.41 Å². The van der Waals surface area contributed by atoms with Gasteiger partial charge < -0.3 is 14.3 Å². The highest BCUT2D eigenvalue weighted by Gasteiger charge is 2.50. The quantitative estimate of drug-likeness (QED) is 0.835. The first-order chi connectivity index (χ1) is 13.0. The van der Waals surface area contributed by atoms with Crippen molar-refractivity contribution in [2.45, 2.75) is 39.2 Å². The second-order valence-corrected chi connectivity index (χ2v) is 7.89. The minimum absolute atomic E-state index is 0.110. The van der Waals surface area contributed by atoms with Crippen molar-refractivity contribution in [1.29, 1.82) is 0 Å². The molecule has 1 aromatic carbocycles. The molecule has 2 fully saturated rings. The molecule has 0 N–H and O–H groups in total. The molecule has 4 rings (SSSR count). The van der Waals surface area contributed by atoms with Crippen molar-refractivity contribution in [2.24, 2.45) is 5.41 Å². The summed E-state index contributed by atoms with van der Waals surface area (Å²) in [7, 11) is 0. The molecule has 27 heavy (non-hydrogen) atoms. The number of hydrogen-bond acceptors (Lipinski definition) is 4. The molecule has 3 heterocycles. The lowest BCUT2D eigenvalue weighted by Crippen LogP contribution is -2.52. The maximum Gasteiger partial charge on any atom is 0.259 e. The van der Waals surface area contributed by atoms with Crippen molar-refractivity contribution >= 4 is 11.8 Å². The maximum atomic E-state index is 13.2. The van der Waals surface area contributed by atoms with Crippen molar-refractivity contribution in [3.63, 3.8) is 0 Å². The molecule has 2 saturated heterocycles. The Hall–Kier alpha value is -2.63. The lowest BCUT2D eigenvalue weighted by atomic mass is 9.78. The van der Waals surface area contributed by atoms with Crippen LogP contribution in [0.2, 0.25) is 0 Å². The molecule has 1 atom stereocenters. The van der Waals surface area contributed by atoms with E-state index in [0.717, 1.165) is 31.4 Å². The number of aromatic nitrogens is 1. The van der Waals surface area contributed by atoms with Crippen LogP contribution in [-0.2, 0) is 4.79 Å². The van der Waals surface area contributed by atoms with Gasteiger partial charge in [-0.15, -0.1) is 0 Å². The number of carbonyl (C=O) groups excluding carboxylic acids is 2. The molecule has 2 aliphatic heterocycles. The number of rotatable bonds is 3. The molecule has 6 heteroatoms. The van der Waals surface area contributed by atoms with Crippen LogP contribution in [0.5, 0.6) is 0 Å². The molecule has 2 amide bonds. The third-order valence-electron chi connectivity index (χ3n) is 5.87. The van der Waals surface area contributed by atoms with Gasteiger partial charge in [0.25, 0.3) is 5.91 Å². The number of carbonyl (C=O) groups is 2. The molecule has 0 radical (unpaired) electrons. The Morgan fingerprint density at radius 2 is 1.96 bits per heavy atom. The largest absolute Gasteiger partial charge is 0.355 e. The summed E-state index contributed by atoms with van der Waals surface area (Å²) in [6.07, 6.45) is 4.06. The van der Waals surface area contributed by atoms with E-state index >= 15 is 0 Å². The van der Waals surface area contributed by atoms with Crippen molar-refractivity contribution in [2.75, 3.05) is 19.6 Å². The Kier molecular flexibility index (Phi) is 4.50. The number of piperidine rings is 1. The van der Waals surface area contributed by atoms with Gasteiger partial charge >= 0.3 is 0 Å². The van der Waals surface area contributed by atoms with Crippen LogP contribution in [0, 0.1) is 5.41 Å². The highest BCUT2D eigenvalue weighted by atomic mass is 16.5. The van der Waals surface area contributed by atoms with Crippen LogP contribution >= 0.6 is 0 Å². The van der Waals surface area contributed by atoms with Crippen LogP contribution < -0.4 is 0 Å². The fourth-order valence-corrected chi connectivity index (χ4v) is 4.38. The fraction of sp³-hybridized carbons (Fsp3) is 0.476. The first-order valence-corrected chi connectivity index (χ1v) is 9.62. The molecule has 1 aromatic heterocycles. The first kappa shape index (κ1) is 17.8. The molecule has 6 nitrogen and oxygen atoms in total. The van der Waals surface area contributed by atoms with Crippen molar-refractivity contribution in [1.82, 2.24) is 15.0 Å². The van der Waals surface area contributed by atoms with Gasteiger partial charge in [-0.05, 0) is 33.1 Å². The van der Waals surface area contributed by atoms with Gasteiger partial charge in [-0.3, -0.25) is 9.59 Å². The molecule has 142 valence electrons. The van der Waals surface area contributed by atoms with E-state index in [-0.39, 0.29) is 17.9 Å². The smallest absolute Gasteiger partial charge is 0.259 e. The summed E-state index contributed by atoms with van der Waals surface area (Å²) in [6.45, 7) is 6.00. The zero-order chi connectivity index (χ0) is 19.0. The van der Waals surface area contributed by atoms with Crippen LogP contribution in [0.3, 0.4) is 0 Å². The number of nitrogens with zero attached hydrogens (tertiary/aromatic N) is 3. The molecule has 0 aliphatic carbocycles. The third kappa shape index (κ3) is 3.03. The average molecular weight is 367 g/mol. The van der Waals surface area contributed by atoms with E-state index in [2.05, 4.69) is 19.0 Å². The van der Waals surface area contributed by atoms with Gasteiger partial charge in [-0.25, -0.2) is 0 Å². The van der Waals surface area contributed by atoms with Gasteiger partial charge in [-0.1, -0.05) is 35.5 Å².